The molecule has 0 bridgehead atoms. The van der Waals surface area contributed by atoms with Gasteiger partial charge in [-0.3, -0.25) is 0 Å². The lowest BCUT2D eigenvalue weighted by Gasteiger charge is -2.44. The van der Waals surface area contributed by atoms with Gasteiger partial charge in [-0.15, -0.1) is 0 Å². The fourth-order valence-corrected chi connectivity index (χ4v) is 5.00. The van der Waals surface area contributed by atoms with Crippen LogP contribution in [0.5, 0.6) is 0 Å². The SMILES string of the molecule is O=C(OC1COC(c2ccccc2)OC1C1OC(c2ccccc2)OCC1OC(=O)c1ccccc1)c1ccccc1. The summed E-state index contributed by atoms with van der Waals surface area (Å²) in [6.07, 6.45) is -4.96. The van der Waals surface area contributed by atoms with Gasteiger partial charge in [-0.25, -0.2) is 9.59 Å². The van der Waals surface area contributed by atoms with Crippen molar-refractivity contribution in [2.75, 3.05) is 13.2 Å². The predicted octanol–water partition coefficient (Wildman–Crippen LogP) is 5.67. The van der Waals surface area contributed by atoms with Crippen molar-refractivity contribution < 1.29 is 38.0 Å². The fraction of sp³-hybridized carbons (Fsp3) is 0.235. The van der Waals surface area contributed by atoms with Crippen LogP contribution in [0.1, 0.15) is 44.4 Å². The Kier molecular flexibility index (Phi) is 8.67. The Morgan fingerprint density at radius 1 is 0.500 bits per heavy atom. The number of carbonyl (C=O) groups is 2. The Morgan fingerprint density at radius 2 is 0.833 bits per heavy atom. The van der Waals surface area contributed by atoms with E-state index in [9.17, 15) is 9.59 Å². The second kappa shape index (κ2) is 13.1. The topological polar surface area (TPSA) is 89.5 Å². The number of hydrogen-bond acceptors (Lipinski definition) is 8. The first-order valence-corrected chi connectivity index (χ1v) is 13.8. The van der Waals surface area contributed by atoms with Gasteiger partial charge >= 0.3 is 11.9 Å². The molecule has 2 heterocycles. The molecule has 2 fully saturated rings. The minimum atomic E-state index is -0.866. The summed E-state index contributed by atoms with van der Waals surface area (Å²) >= 11 is 0. The normalized spacial score (nSPS) is 25.7. The Hall–Kier alpha value is -4.34. The molecule has 0 radical (unpaired) electrons. The van der Waals surface area contributed by atoms with Gasteiger partial charge in [0.05, 0.1) is 24.3 Å². The second-order valence-electron chi connectivity index (χ2n) is 9.97. The molecule has 6 unspecified atom stereocenters. The lowest BCUT2D eigenvalue weighted by Crippen LogP contribution is -2.58. The molecule has 0 spiro atoms. The van der Waals surface area contributed by atoms with E-state index in [0.717, 1.165) is 11.1 Å². The average molecular weight is 567 g/mol. The number of esters is 2. The van der Waals surface area contributed by atoms with Crippen molar-refractivity contribution in [1.82, 2.24) is 0 Å². The van der Waals surface area contributed by atoms with Crippen LogP contribution in [-0.2, 0) is 28.4 Å². The minimum absolute atomic E-state index is 0.0405. The van der Waals surface area contributed by atoms with E-state index in [1.807, 2.05) is 72.8 Å². The summed E-state index contributed by atoms with van der Waals surface area (Å²) in [5.74, 6) is -1.05. The van der Waals surface area contributed by atoms with Gasteiger partial charge in [0.2, 0.25) is 0 Å². The monoisotopic (exact) mass is 566 g/mol. The van der Waals surface area contributed by atoms with Crippen molar-refractivity contribution in [3.63, 3.8) is 0 Å². The number of benzene rings is 4. The van der Waals surface area contributed by atoms with Crippen LogP contribution in [0.25, 0.3) is 0 Å². The minimum Gasteiger partial charge on any atom is -0.453 e. The van der Waals surface area contributed by atoms with Gasteiger partial charge in [0.1, 0.15) is 12.2 Å². The third-order valence-electron chi connectivity index (χ3n) is 7.12. The lowest BCUT2D eigenvalue weighted by molar-refractivity contribution is -0.330. The van der Waals surface area contributed by atoms with E-state index < -0.39 is 48.9 Å². The third-order valence-corrected chi connectivity index (χ3v) is 7.12. The molecular formula is C34H30O8. The standard InChI is InChI=1S/C34H30O8/c35-31(23-13-5-1-6-14-23)39-27-21-37-33(25-17-9-3-10-18-25)41-29(27)30-28(40-32(36)24-15-7-2-8-16-24)22-38-34(42-30)26-19-11-4-12-20-26/h1-20,27-30,33-34H,21-22H2. The van der Waals surface area contributed by atoms with Crippen LogP contribution in [0.2, 0.25) is 0 Å². The first-order valence-electron chi connectivity index (χ1n) is 13.8. The Balaban J connectivity index is 1.32. The van der Waals surface area contributed by atoms with Crippen molar-refractivity contribution in [3.8, 4) is 0 Å². The van der Waals surface area contributed by atoms with Gasteiger partial charge in [-0.1, -0.05) is 97.1 Å². The molecule has 8 nitrogen and oxygen atoms in total. The quantitative estimate of drug-likeness (QED) is 0.265. The fourth-order valence-electron chi connectivity index (χ4n) is 5.00. The van der Waals surface area contributed by atoms with Crippen LogP contribution in [0, 0.1) is 0 Å². The molecule has 0 saturated carbocycles. The average Bonchev–Trinajstić information content (AvgIpc) is 3.07. The van der Waals surface area contributed by atoms with Crippen molar-refractivity contribution >= 4 is 11.9 Å². The molecule has 6 rings (SSSR count). The Labute approximate surface area is 243 Å². The van der Waals surface area contributed by atoms with Crippen molar-refractivity contribution in [2.24, 2.45) is 0 Å². The van der Waals surface area contributed by atoms with Crippen LogP contribution < -0.4 is 0 Å². The molecule has 8 heteroatoms. The first kappa shape index (κ1) is 27.8. The van der Waals surface area contributed by atoms with Gasteiger partial charge in [0, 0.05) is 11.1 Å². The number of ether oxygens (including phenoxy) is 6. The molecule has 2 aliphatic rings. The molecule has 6 atom stereocenters. The maximum atomic E-state index is 13.1. The van der Waals surface area contributed by atoms with Crippen LogP contribution in [-0.4, -0.2) is 49.6 Å². The van der Waals surface area contributed by atoms with Crippen LogP contribution in [0.3, 0.4) is 0 Å². The zero-order valence-electron chi connectivity index (χ0n) is 22.7. The molecule has 0 N–H and O–H groups in total. The summed E-state index contributed by atoms with van der Waals surface area (Å²) in [6.45, 7) is 0.0811. The zero-order valence-corrected chi connectivity index (χ0v) is 22.7. The first-order chi connectivity index (χ1) is 20.7. The highest BCUT2D eigenvalue weighted by molar-refractivity contribution is 5.90. The van der Waals surface area contributed by atoms with E-state index in [1.165, 1.54) is 0 Å². The molecule has 0 aliphatic carbocycles. The molecule has 42 heavy (non-hydrogen) atoms. The van der Waals surface area contributed by atoms with E-state index in [4.69, 9.17) is 28.4 Å². The summed E-state index contributed by atoms with van der Waals surface area (Å²) in [5, 5.41) is 0. The van der Waals surface area contributed by atoms with Crippen LogP contribution in [0.15, 0.2) is 121 Å². The summed E-state index contributed by atoms with van der Waals surface area (Å²) in [7, 11) is 0. The highest BCUT2D eigenvalue weighted by Gasteiger charge is 2.48. The number of rotatable bonds is 7. The highest BCUT2D eigenvalue weighted by Crippen LogP contribution is 2.37. The molecule has 0 amide bonds. The lowest BCUT2D eigenvalue weighted by atomic mass is 9.99. The summed E-state index contributed by atoms with van der Waals surface area (Å²) in [5.41, 5.74) is 2.37. The van der Waals surface area contributed by atoms with Crippen LogP contribution in [0.4, 0.5) is 0 Å². The molecule has 2 aliphatic heterocycles. The maximum Gasteiger partial charge on any atom is 0.338 e. The number of hydrogen-bond donors (Lipinski definition) is 0. The van der Waals surface area contributed by atoms with E-state index in [-0.39, 0.29) is 13.2 Å². The Morgan fingerprint density at radius 3 is 1.19 bits per heavy atom. The van der Waals surface area contributed by atoms with Crippen molar-refractivity contribution in [3.05, 3.63) is 144 Å². The van der Waals surface area contributed by atoms with Crippen molar-refractivity contribution in [1.29, 1.82) is 0 Å². The Bertz CT molecular complexity index is 1340. The molecular weight excluding hydrogens is 536 g/mol. The van der Waals surface area contributed by atoms with E-state index in [1.54, 1.807) is 48.5 Å². The smallest absolute Gasteiger partial charge is 0.338 e. The van der Waals surface area contributed by atoms with Gasteiger partial charge < -0.3 is 28.4 Å². The van der Waals surface area contributed by atoms with Gasteiger partial charge in [-0.2, -0.15) is 0 Å². The molecule has 214 valence electrons. The van der Waals surface area contributed by atoms with Gasteiger partial charge in [-0.05, 0) is 24.3 Å². The highest BCUT2D eigenvalue weighted by atomic mass is 16.7. The van der Waals surface area contributed by atoms with Gasteiger partial charge in [0.25, 0.3) is 0 Å². The van der Waals surface area contributed by atoms with Crippen LogP contribution >= 0.6 is 0 Å². The van der Waals surface area contributed by atoms with Gasteiger partial charge in [0.15, 0.2) is 24.8 Å². The van der Waals surface area contributed by atoms with E-state index in [2.05, 4.69) is 0 Å². The largest absolute Gasteiger partial charge is 0.453 e. The molecule has 4 aromatic carbocycles. The number of carbonyl (C=O) groups excluding carboxylic acids is 2. The molecule has 4 aromatic rings. The molecule has 0 aromatic heterocycles. The third kappa shape index (κ3) is 6.42. The maximum absolute atomic E-state index is 13.1. The van der Waals surface area contributed by atoms with E-state index >= 15 is 0 Å². The van der Waals surface area contributed by atoms with Crippen molar-refractivity contribution in [2.45, 2.75) is 37.0 Å². The predicted molar refractivity (Wildman–Crippen MR) is 151 cm³/mol. The zero-order chi connectivity index (χ0) is 28.7. The second-order valence-corrected chi connectivity index (χ2v) is 9.97. The van der Waals surface area contributed by atoms with E-state index in [0.29, 0.717) is 11.1 Å². The molecule has 2 saturated heterocycles. The summed E-state index contributed by atoms with van der Waals surface area (Å²) < 4.78 is 37.0. The summed E-state index contributed by atoms with van der Waals surface area (Å²) in [4.78, 5) is 26.3. The summed E-state index contributed by atoms with van der Waals surface area (Å²) in [6, 6.07) is 36.3.